The number of aryl methyl sites for hydroxylation is 1. The van der Waals surface area contributed by atoms with Crippen molar-refractivity contribution in [2.75, 3.05) is 0 Å². The molecule has 0 heterocycles. The average molecular weight is 269 g/mol. The minimum atomic E-state index is -4.97. The highest BCUT2D eigenvalue weighted by atomic mass is 32.2. The van der Waals surface area contributed by atoms with Gasteiger partial charge in [0, 0.05) is 0 Å². The van der Waals surface area contributed by atoms with Crippen molar-refractivity contribution in [1.82, 2.24) is 0 Å². The SMILES string of the molecule is CCc1cccc(OC(F)(F)F)c1S(N)(=O)=O. The molecule has 1 rings (SSSR count). The molecule has 0 aromatic heterocycles. The molecule has 4 nitrogen and oxygen atoms in total. The summed E-state index contributed by atoms with van der Waals surface area (Å²) < 4.78 is 62.4. The van der Waals surface area contributed by atoms with Crippen LogP contribution in [0.4, 0.5) is 13.2 Å². The van der Waals surface area contributed by atoms with Crippen LogP contribution in [0.3, 0.4) is 0 Å². The van der Waals surface area contributed by atoms with Crippen LogP contribution in [0.2, 0.25) is 0 Å². The molecule has 0 atom stereocenters. The first-order valence-corrected chi connectivity index (χ1v) is 6.10. The summed E-state index contributed by atoms with van der Waals surface area (Å²) in [6.07, 6.45) is -4.74. The third-order valence-electron chi connectivity index (χ3n) is 1.95. The maximum Gasteiger partial charge on any atom is 0.573 e. The fourth-order valence-electron chi connectivity index (χ4n) is 1.37. The summed E-state index contributed by atoms with van der Waals surface area (Å²) in [5, 5.41) is 4.88. The van der Waals surface area contributed by atoms with Crippen LogP contribution in [0.15, 0.2) is 23.1 Å². The molecule has 0 bridgehead atoms. The number of ether oxygens (including phenoxy) is 1. The number of hydrogen-bond donors (Lipinski definition) is 1. The largest absolute Gasteiger partial charge is 0.573 e. The van der Waals surface area contributed by atoms with Gasteiger partial charge in [-0.1, -0.05) is 19.1 Å². The normalized spacial score (nSPS) is 12.5. The molecule has 0 aliphatic carbocycles. The van der Waals surface area contributed by atoms with Gasteiger partial charge >= 0.3 is 6.36 Å². The summed E-state index contributed by atoms with van der Waals surface area (Å²) in [5.74, 6) is -0.806. The smallest absolute Gasteiger partial charge is 0.404 e. The van der Waals surface area contributed by atoms with Gasteiger partial charge in [-0.05, 0) is 18.1 Å². The van der Waals surface area contributed by atoms with E-state index in [1.165, 1.54) is 12.1 Å². The summed E-state index contributed by atoms with van der Waals surface area (Å²) in [5.41, 5.74) is 0.175. The Morgan fingerprint density at radius 1 is 1.35 bits per heavy atom. The summed E-state index contributed by atoms with van der Waals surface area (Å²) in [7, 11) is -4.27. The van der Waals surface area contributed by atoms with Gasteiger partial charge in [0.25, 0.3) is 0 Å². The number of primary sulfonamides is 1. The summed E-state index contributed by atoms with van der Waals surface area (Å²) in [6, 6.07) is 3.56. The van der Waals surface area contributed by atoms with Crippen LogP contribution in [0.1, 0.15) is 12.5 Å². The Kier molecular flexibility index (Phi) is 3.68. The zero-order valence-electron chi connectivity index (χ0n) is 8.78. The number of rotatable bonds is 3. The van der Waals surface area contributed by atoms with Crippen LogP contribution in [0, 0.1) is 0 Å². The molecule has 0 aliphatic rings. The molecule has 0 saturated carbocycles. The van der Waals surface area contributed by atoms with Gasteiger partial charge in [0.1, 0.15) is 10.6 Å². The predicted molar refractivity (Wildman–Crippen MR) is 53.9 cm³/mol. The van der Waals surface area contributed by atoms with Gasteiger partial charge in [0.05, 0.1) is 0 Å². The summed E-state index contributed by atoms with van der Waals surface area (Å²) >= 11 is 0. The van der Waals surface area contributed by atoms with Gasteiger partial charge in [-0.25, -0.2) is 13.6 Å². The van der Waals surface area contributed by atoms with E-state index in [2.05, 4.69) is 4.74 Å². The zero-order valence-corrected chi connectivity index (χ0v) is 9.60. The highest BCUT2D eigenvalue weighted by Crippen LogP contribution is 2.31. The Balaban J connectivity index is 3.41. The van der Waals surface area contributed by atoms with Crippen LogP contribution in [0.25, 0.3) is 0 Å². The molecule has 0 saturated heterocycles. The third kappa shape index (κ3) is 3.60. The van der Waals surface area contributed by atoms with E-state index < -0.39 is 27.0 Å². The van der Waals surface area contributed by atoms with Gasteiger partial charge in [-0.15, -0.1) is 13.2 Å². The van der Waals surface area contributed by atoms with Crippen LogP contribution in [-0.2, 0) is 16.4 Å². The fraction of sp³-hybridized carbons (Fsp3) is 0.333. The van der Waals surface area contributed by atoms with E-state index in [1.807, 2.05) is 0 Å². The molecule has 0 amide bonds. The Morgan fingerprint density at radius 3 is 2.35 bits per heavy atom. The van der Waals surface area contributed by atoms with Crippen LogP contribution in [0.5, 0.6) is 5.75 Å². The lowest BCUT2D eigenvalue weighted by atomic mass is 10.1. The number of halogens is 3. The lowest BCUT2D eigenvalue weighted by Gasteiger charge is -2.14. The van der Waals surface area contributed by atoms with Gasteiger partial charge in [0.15, 0.2) is 0 Å². The van der Waals surface area contributed by atoms with Crippen molar-refractivity contribution in [1.29, 1.82) is 0 Å². The number of alkyl halides is 3. The quantitative estimate of drug-likeness (QED) is 0.909. The Morgan fingerprint density at radius 2 is 1.94 bits per heavy atom. The first-order chi connectivity index (χ1) is 7.65. The standard InChI is InChI=1S/C9H10F3NO3S/c1-2-6-4-3-5-7(16-9(10,11)12)8(6)17(13,14)15/h3-5H,2H2,1H3,(H2,13,14,15). The van der Waals surface area contributed by atoms with Crippen molar-refractivity contribution < 1.29 is 26.3 Å². The van der Waals surface area contributed by atoms with Crippen LogP contribution >= 0.6 is 0 Å². The highest BCUT2D eigenvalue weighted by molar-refractivity contribution is 7.89. The number of benzene rings is 1. The van der Waals surface area contributed by atoms with Gasteiger partial charge in [0.2, 0.25) is 10.0 Å². The molecule has 96 valence electrons. The Hall–Kier alpha value is -1.28. The molecular weight excluding hydrogens is 259 g/mol. The molecule has 0 unspecified atom stereocenters. The predicted octanol–water partition coefficient (Wildman–Crippen LogP) is 1.79. The molecule has 0 aliphatic heterocycles. The maximum absolute atomic E-state index is 12.1. The number of sulfonamides is 1. The Bertz CT molecular complexity index is 511. The van der Waals surface area contributed by atoms with Crippen molar-refractivity contribution in [3.63, 3.8) is 0 Å². The molecule has 0 radical (unpaired) electrons. The molecule has 1 aromatic rings. The zero-order chi connectivity index (χ0) is 13.3. The van der Waals surface area contributed by atoms with Crippen molar-refractivity contribution in [3.8, 4) is 5.75 Å². The second-order valence-corrected chi connectivity index (χ2v) is 4.69. The molecular formula is C9H10F3NO3S. The third-order valence-corrected chi connectivity index (χ3v) is 2.98. The number of nitrogens with two attached hydrogens (primary N) is 1. The van der Waals surface area contributed by atoms with Gasteiger partial charge in [-0.2, -0.15) is 0 Å². The molecule has 17 heavy (non-hydrogen) atoms. The van der Waals surface area contributed by atoms with Gasteiger partial charge < -0.3 is 4.74 Å². The topological polar surface area (TPSA) is 69.4 Å². The van der Waals surface area contributed by atoms with E-state index >= 15 is 0 Å². The molecule has 1 aromatic carbocycles. The second kappa shape index (κ2) is 4.53. The molecule has 0 fully saturated rings. The van der Waals surface area contributed by atoms with Crippen LogP contribution in [-0.4, -0.2) is 14.8 Å². The summed E-state index contributed by atoms with van der Waals surface area (Å²) in [6.45, 7) is 1.60. The van der Waals surface area contributed by atoms with Gasteiger partial charge in [-0.3, -0.25) is 0 Å². The van der Waals surface area contributed by atoms with E-state index in [-0.39, 0.29) is 12.0 Å². The van der Waals surface area contributed by atoms with E-state index in [0.717, 1.165) is 6.07 Å². The Labute approximate surface area is 96.2 Å². The lowest BCUT2D eigenvalue weighted by molar-refractivity contribution is -0.275. The van der Waals surface area contributed by atoms with E-state index in [9.17, 15) is 21.6 Å². The average Bonchev–Trinajstić information content (AvgIpc) is 2.12. The molecule has 2 N–H and O–H groups in total. The first kappa shape index (κ1) is 13.8. The number of hydrogen-bond acceptors (Lipinski definition) is 3. The minimum Gasteiger partial charge on any atom is -0.404 e. The van der Waals surface area contributed by atoms with E-state index in [1.54, 1.807) is 6.92 Å². The lowest BCUT2D eigenvalue weighted by Crippen LogP contribution is -2.22. The maximum atomic E-state index is 12.1. The van der Waals surface area contributed by atoms with Crippen molar-refractivity contribution in [2.24, 2.45) is 5.14 Å². The fourth-order valence-corrected chi connectivity index (χ4v) is 2.34. The highest BCUT2D eigenvalue weighted by Gasteiger charge is 2.34. The van der Waals surface area contributed by atoms with Crippen molar-refractivity contribution in [3.05, 3.63) is 23.8 Å². The minimum absolute atomic E-state index is 0.175. The second-order valence-electron chi connectivity index (χ2n) is 3.19. The monoisotopic (exact) mass is 269 g/mol. The summed E-state index contributed by atoms with van der Waals surface area (Å²) in [4.78, 5) is -0.625. The molecule has 0 spiro atoms. The van der Waals surface area contributed by atoms with Crippen molar-refractivity contribution in [2.45, 2.75) is 24.6 Å². The van der Waals surface area contributed by atoms with Crippen molar-refractivity contribution >= 4 is 10.0 Å². The van der Waals surface area contributed by atoms with E-state index in [0.29, 0.717) is 0 Å². The molecule has 8 heteroatoms. The first-order valence-electron chi connectivity index (χ1n) is 4.55. The van der Waals surface area contributed by atoms with E-state index in [4.69, 9.17) is 5.14 Å². The van der Waals surface area contributed by atoms with Crippen LogP contribution < -0.4 is 9.88 Å².